The van der Waals surface area contributed by atoms with E-state index in [2.05, 4.69) is 5.32 Å². The number of likely N-dealkylation sites (N-methyl/N-ethyl adjacent to an activating group) is 1. The van der Waals surface area contributed by atoms with Gasteiger partial charge in [0.2, 0.25) is 11.8 Å². The van der Waals surface area contributed by atoms with Crippen molar-refractivity contribution in [1.29, 1.82) is 0 Å². The van der Waals surface area contributed by atoms with E-state index in [9.17, 15) is 22.8 Å². The van der Waals surface area contributed by atoms with E-state index < -0.39 is 18.6 Å². The molecule has 1 fully saturated rings. The molecular weight excluding hydrogens is 275 g/mol. The van der Waals surface area contributed by atoms with E-state index in [0.717, 1.165) is 17.9 Å². The van der Waals surface area contributed by atoms with Crippen molar-refractivity contribution in [2.45, 2.75) is 32.0 Å². The van der Waals surface area contributed by atoms with Crippen LogP contribution in [-0.4, -0.2) is 55.6 Å². The van der Waals surface area contributed by atoms with Gasteiger partial charge in [0.1, 0.15) is 6.54 Å². The van der Waals surface area contributed by atoms with Gasteiger partial charge in [0, 0.05) is 7.05 Å². The third-order valence-electron chi connectivity index (χ3n) is 3.21. The first-order chi connectivity index (χ1) is 9.19. The van der Waals surface area contributed by atoms with Crippen LogP contribution >= 0.6 is 0 Å². The zero-order valence-electron chi connectivity index (χ0n) is 11.6. The summed E-state index contributed by atoms with van der Waals surface area (Å²) in [6.07, 6.45) is -2.79. The molecule has 8 heteroatoms. The lowest BCUT2D eigenvalue weighted by atomic mass is 9.93. The maximum Gasteiger partial charge on any atom is 0.405 e. The number of alkyl halides is 3. The fourth-order valence-electron chi connectivity index (χ4n) is 2.11. The van der Waals surface area contributed by atoms with Crippen molar-refractivity contribution >= 4 is 11.8 Å². The van der Waals surface area contributed by atoms with Crippen molar-refractivity contribution < 1.29 is 22.8 Å². The highest BCUT2D eigenvalue weighted by Gasteiger charge is 2.30. The first kappa shape index (κ1) is 16.7. The molecule has 1 aliphatic heterocycles. The van der Waals surface area contributed by atoms with Gasteiger partial charge in [0.05, 0.1) is 12.6 Å². The number of amides is 2. The number of halogens is 3. The van der Waals surface area contributed by atoms with Crippen LogP contribution in [0.4, 0.5) is 13.2 Å². The Kier molecular flexibility index (Phi) is 5.79. The minimum Gasteiger partial charge on any atom is -0.345 e. The molecule has 0 aromatic heterocycles. The Morgan fingerprint density at radius 1 is 1.40 bits per heavy atom. The van der Waals surface area contributed by atoms with Crippen molar-refractivity contribution in [2.24, 2.45) is 5.92 Å². The zero-order valence-corrected chi connectivity index (χ0v) is 11.6. The summed E-state index contributed by atoms with van der Waals surface area (Å²) in [5.41, 5.74) is 0. The van der Waals surface area contributed by atoms with Crippen molar-refractivity contribution in [1.82, 2.24) is 15.5 Å². The topological polar surface area (TPSA) is 61.4 Å². The number of piperidine rings is 1. The van der Waals surface area contributed by atoms with Crippen LogP contribution in [0.2, 0.25) is 0 Å². The normalized spacial score (nSPS) is 23.2. The van der Waals surface area contributed by atoms with E-state index >= 15 is 0 Å². The van der Waals surface area contributed by atoms with E-state index in [1.54, 1.807) is 5.32 Å². The van der Waals surface area contributed by atoms with Crippen molar-refractivity contribution in [3.05, 3.63) is 0 Å². The van der Waals surface area contributed by atoms with E-state index in [1.807, 2.05) is 6.92 Å². The molecule has 2 atom stereocenters. The SMILES string of the molecule is CC1CCNC(C(=O)N(C)CC(=O)NCC(F)(F)F)C1. The summed E-state index contributed by atoms with van der Waals surface area (Å²) >= 11 is 0. The zero-order chi connectivity index (χ0) is 15.3. The fraction of sp³-hybridized carbons (Fsp3) is 0.833. The molecule has 0 aromatic rings. The Bertz CT molecular complexity index is 360. The highest BCUT2D eigenvalue weighted by molar-refractivity contribution is 5.87. The standard InChI is InChI=1S/C12H20F3N3O2/c1-8-3-4-16-9(5-8)11(20)18(2)6-10(19)17-7-12(13,14)15/h8-9,16H,3-7H2,1-2H3,(H,17,19). The van der Waals surface area contributed by atoms with Gasteiger partial charge >= 0.3 is 6.18 Å². The minimum atomic E-state index is -4.45. The molecule has 0 saturated carbocycles. The predicted molar refractivity (Wildman–Crippen MR) is 66.9 cm³/mol. The van der Waals surface area contributed by atoms with Crippen molar-refractivity contribution in [2.75, 3.05) is 26.7 Å². The van der Waals surface area contributed by atoms with Crippen LogP contribution in [0.25, 0.3) is 0 Å². The Hall–Kier alpha value is -1.31. The van der Waals surface area contributed by atoms with E-state index in [4.69, 9.17) is 0 Å². The van der Waals surface area contributed by atoms with Gasteiger partial charge in [-0.3, -0.25) is 9.59 Å². The second kappa shape index (κ2) is 6.92. The van der Waals surface area contributed by atoms with Gasteiger partial charge in [-0.1, -0.05) is 6.92 Å². The monoisotopic (exact) mass is 295 g/mol. The highest BCUT2D eigenvalue weighted by atomic mass is 19.4. The van der Waals surface area contributed by atoms with Crippen molar-refractivity contribution in [3.8, 4) is 0 Å². The molecule has 2 unspecified atom stereocenters. The van der Waals surface area contributed by atoms with Crippen molar-refractivity contribution in [3.63, 3.8) is 0 Å². The molecule has 1 heterocycles. The van der Waals surface area contributed by atoms with E-state index in [0.29, 0.717) is 12.3 Å². The number of nitrogens with zero attached hydrogens (tertiary/aromatic N) is 1. The summed E-state index contributed by atoms with van der Waals surface area (Å²) in [5.74, 6) is -0.668. The van der Waals surface area contributed by atoms with Crippen LogP contribution in [-0.2, 0) is 9.59 Å². The fourth-order valence-corrected chi connectivity index (χ4v) is 2.11. The van der Waals surface area contributed by atoms with Gasteiger partial charge in [-0.15, -0.1) is 0 Å². The maximum absolute atomic E-state index is 12.0. The summed E-state index contributed by atoms with van der Waals surface area (Å²) < 4.78 is 35.8. The summed E-state index contributed by atoms with van der Waals surface area (Å²) in [4.78, 5) is 24.5. The van der Waals surface area contributed by atoms with Gasteiger partial charge < -0.3 is 15.5 Å². The van der Waals surface area contributed by atoms with Gasteiger partial charge in [0.25, 0.3) is 0 Å². The van der Waals surface area contributed by atoms with Crippen LogP contribution < -0.4 is 10.6 Å². The van der Waals surface area contributed by atoms with Crippen LogP contribution in [0.5, 0.6) is 0 Å². The molecule has 2 amide bonds. The molecule has 5 nitrogen and oxygen atoms in total. The Morgan fingerprint density at radius 2 is 2.05 bits per heavy atom. The van der Waals surface area contributed by atoms with Gasteiger partial charge in [-0.05, 0) is 25.3 Å². The summed E-state index contributed by atoms with van der Waals surface area (Å²) in [6, 6.07) is -0.362. The van der Waals surface area contributed by atoms with Crippen LogP contribution in [0.3, 0.4) is 0 Å². The molecule has 1 aliphatic rings. The maximum atomic E-state index is 12.0. The van der Waals surface area contributed by atoms with Crippen LogP contribution in [0, 0.1) is 5.92 Å². The minimum absolute atomic E-state index is 0.265. The lowest BCUT2D eigenvalue weighted by Gasteiger charge is -2.30. The number of carbonyl (C=O) groups excluding carboxylic acids is 2. The Morgan fingerprint density at radius 3 is 2.60 bits per heavy atom. The largest absolute Gasteiger partial charge is 0.405 e. The predicted octanol–water partition coefficient (Wildman–Crippen LogP) is 0.511. The third-order valence-corrected chi connectivity index (χ3v) is 3.21. The smallest absolute Gasteiger partial charge is 0.345 e. The van der Waals surface area contributed by atoms with Gasteiger partial charge in [-0.2, -0.15) is 13.2 Å². The molecule has 0 bridgehead atoms. The highest BCUT2D eigenvalue weighted by Crippen LogP contribution is 2.16. The molecule has 0 radical (unpaired) electrons. The lowest BCUT2D eigenvalue weighted by molar-refractivity contribution is -0.142. The molecule has 1 rings (SSSR count). The number of rotatable bonds is 4. The number of hydrogen-bond acceptors (Lipinski definition) is 3. The Labute approximate surface area is 115 Å². The molecule has 0 aromatic carbocycles. The summed E-state index contributed by atoms with van der Waals surface area (Å²) in [7, 11) is 1.41. The van der Waals surface area contributed by atoms with Crippen LogP contribution in [0.15, 0.2) is 0 Å². The second-order valence-electron chi connectivity index (χ2n) is 5.22. The summed E-state index contributed by atoms with van der Waals surface area (Å²) in [6.45, 7) is 1.01. The van der Waals surface area contributed by atoms with E-state index in [-0.39, 0.29) is 18.5 Å². The molecule has 2 N–H and O–H groups in total. The molecule has 0 spiro atoms. The average Bonchev–Trinajstić information content (AvgIpc) is 2.34. The number of hydrogen-bond donors (Lipinski definition) is 2. The van der Waals surface area contributed by atoms with E-state index in [1.165, 1.54) is 7.05 Å². The lowest BCUT2D eigenvalue weighted by Crippen LogP contribution is -2.51. The number of nitrogens with one attached hydrogen (secondary N) is 2. The molecule has 1 saturated heterocycles. The third kappa shape index (κ3) is 5.77. The molecule has 0 aliphatic carbocycles. The summed E-state index contributed by atoms with van der Waals surface area (Å²) in [5, 5.41) is 4.80. The average molecular weight is 295 g/mol. The first-order valence-electron chi connectivity index (χ1n) is 6.51. The molecular formula is C12H20F3N3O2. The number of carbonyl (C=O) groups is 2. The molecule has 116 valence electrons. The quantitative estimate of drug-likeness (QED) is 0.794. The van der Waals surface area contributed by atoms with Gasteiger partial charge in [-0.25, -0.2) is 0 Å². The van der Waals surface area contributed by atoms with Gasteiger partial charge in [0.15, 0.2) is 0 Å². The molecule has 20 heavy (non-hydrogen) atoms. The van der Waals surface area contributed by atoms with Crippen LogP contribution in [0.1, 0.15) is 19.8 Å². The second-order valence-corrected chi connectivity index (χ2v) is 5.22. The Balaban J connectivity index is 2.39. The first-order valence-corrected chi connectivity index (χ1v) is 6.51.